The van der Waals surface area contributed by atoms with Gasteiger partial charge in [-0.1, -0.05) is 261 Å². The second-order valence-corrected chi connectivity index (χ2v) is 43.3. The van der Waals surface area contributed by atoms with Crippen LogP contribution in [0.4, 0.5) is 68.2 Å². The lowest BCUT2D eigenvalue weighted by Gasteiger charge is -2.30. The first-order chi connectivity index (χ1) is 72.2. The molecule has 0 radical (unpaired) electrons. The Morgan fingerprint density at radius 3 is 0.716 bits per heavy atom. The summed E-state index contributed by atoms with van der Waals surface area (Å²) in [7, 11) is 0. The van der Waals surface area contributed by atoms with Gasteiger partial charge in [-0.15, -0.1) is 0 Å². The topological polar surface area (TPSA) is 30.6 Å². The Hall–Kier alpha value is -17.2. The lowest BCUT2D eigenvalue weighted by molar-refractivity contribution is 0.747. The molecule has 8 aromatic heterocycles. The van der Waals surface area contributed by atoms with Gasteiger partial charge >= 0.3 is 0 Å². The molecule has 148 heavy (non-hydrogen) atoms. The Morgan fingerprint density at radius 1 is 0.182 bits per heavy atom. The van der Waals surface area contributed by atoms with Crippen LogP contribution in [0.25, 0.3) is 175 Å². The van der Waals surface area contributed by atoms with E-state index in [0.29, 0.717) is 17.8 Å². The fourth-order valence-corrected chi connectivity index (χ4v) is 28.0. The Bertz CT molecular complexity index is 10100. The van der Waals surface area contributed by atoms with Crippen molar-refractivity contribution < 1.29 is 0 Å². The molecule has 28 aromatic rings. The summed E-state index contributed by atoms with van der Waals surface area (Å²) in [5, 5.41) is 19.9. The van der Waals surface area contributed by atoms with Gasteiger partial charge in [-0.2, -0.15) is 0 Å². The molecule has 0 bridgehead atoms. The monoisotopic (exact) mass is 1910 g/mol. The molecule has 1 unspecified atom stereocenters. The summed E-state index contributed by atoms with van der Waals surface area (Å²) in [4.78, 5) is 10.1. The van der Waals surface area contributed by atoms with Crippen LogP contribution in [0.1, 0.15) is 144 Å². The summed E-state index contributed by atoms with van der Waals surface area (Å²) in [6, 6.07) is 146. The number of benzene rings is 20. The number of nitrogens with zero attached hydrogens (tertiary/aromatic N) is 8. The second kappa shape index (κ2) is 33.4. The van der Waals surface area contributed by atoms with Crippen LogP contribution in [-0.2, 0) is 6.42 Å². The minimum absolute atomic E-state index is 0.218. The smallest absolute Gasteiger partial charge is 0.0621 e. The van der Waals surface area contributed by atoms with Gasteiger partial charge in [0, 0.05) is 132 Å². The van der Waals surface area contributed by atoms with E-state index in [1.807, 2.05) is 0 Å². The number of aromatic nitrogens is 4. The summed E-state index contributed by atoms with van der Waals surface area (Å²) < 4.78 is 10.3. The van der Waals surface area contributed by atoms with Gasteiger partial charge in [0.05, 0.1) is 88.9 Å². The number of fused-ring (bicyclic) bond motifs is 24. The zero-order chi connectivity index (χ0) is 100. The van der Waals surface area contributed by atoms with Gasteiger partial charge < -0.3 is 37.2 Å². The highest BCUT2D eigenvalue weighted by Crippen LogP contribution is 2.56. The third-order valence-corrected chi connectivity index (χ3v) is 33.2. The quantitative estimate of drug-likeness (QED) is 0.0761. The lowest BCUT2D eigenvalue weighted by Crippen LogP contribution is -2.14. The molecule has 8 heteroatoms. The summed E-state index contributed by atoms with van der Waals surface area (Å²) >= 11 is 0. The molecule has 0 spiro atoms. The lowest BCUT2D eigenvalue weighted by atomic mass is 9.86. The predicted molar refractivity (Wildman–Crippen MR) is 633 cm³/mol. The highest BCUT2D eigenvalue weighted by atomic mass is 15.2. The van der Waals surface area contributed by atoms with Crippen LogP contribution < -0.4 is 19.6 Å². The highest BCUT2D eigenvalue weighted by Gasteiger charge is 2.34. The first-order valence-electron chi connectivity index (χ1n) is 52.9. The average molecular weight is 1910 g/mol. The maximum atomic E-state index is 2.60. The van der Waals surface area contributed by atoms with Crippen molar-refractivity contribution in [1.82, 2.24) is 17.6 Å². The average Bonchev–Trinajstić information content (AvgIpc) is 1.51. The molecule has 20 aromatic carbocycles. The molecule has 0 saturated heterocycles. The summed E-state index contributed by atoms with van der Waals surface area (Å²) in [5.74, 6) is 1.43. The molecule has 714 valence electrons. The van der Waals surface area contributed by atoms with Crippen LogP contribution in [0.3, 0.4) is 0 Å². The van der Waals surface area contributed by atoms with Gasteiger partial charge in [0.25, 0.3) is 0 Å². The maximum absolute atomic E-state index is 2.60. The molecule has 0 aliphatic heterocycles. The summed E-state index contributed by atoms with van der Waals surface area (Å²) in [6.07, 6.45) is 0.883. The molecule has 0 fully saturated rings. The Labute approximate surface area is 862 Å². The first kappa shape index (κ1) is 88.5. The number of para-hydroxylation sites is 6. The Balaban J connectivity index is 0.506. The van der Waals surface area contributed by atoms with Crippen LogP contribution >= 0.6 is 0 Å². The zero-order valence-electron chi connectivity index (χ0n) is 86.5. The normalized spacial score (nSPS) is 12.6. The van der Waals surface area contributed by atoms with Crippen LogP contribution in [-0.4, -0.2) is 17.6 Å². The van der Waals surface area contributed by atoms with Crippen LogP contribution in [0.5, 0.6) is 0 Å². The van der Waals surface area contributed by atoms with Crippen molar-refractivity contribution >= 4 is 221 Å². The van der Waals surface area contributed by atoms with Gasteiger partial charge in [0.1, 0.15) is 0 Å². The number of aryl methyl sites for hydroxylation is 8. The van der Waals surface area contributed by atoms with Crippen molar-refractivity contribution in [1.29, 1.82) is 0 Å². The van der Waals surface area contributed by atoms with Crippen molar-refractivity contribution in [2.75, 3.05) is 19.6 Å². The van der Waals surface area contributed by atoms with Gasteiger partial charge in [0.2, 0.25) is 0 Å². The first-order valence-corrected chi connectivity index (χ1v) is 52.9. The molecule has 0 aliphatic rings. The largest absolute Gasteiger partial charge is 0.310 e. The third kappa shape index (κ3) is 13.1. The number of rotatable bonds is 20. The minimum atomic E-state index is 0.218. The van der Waals surface area contributed by atoms with E-state index in [4.69, 9.17) is 0 Å². The molecule has 1 atom stereocenters. The van der Waals surface area contributed by atoms with E-state index in [9.17, 15) is 0 Å². The van der Waals surface area contributed by atoms with E-state index in [0.717, 1.165) is 51.9 Å². The van der Waals surface area contributed by atoms with Crippen LogP contribution in [0.15, 0.2) is 382 Å². The van der Waals surface area contributed by atoms with E-state index in [1.165, 1.54) is 270 Å². The standard InChI is InChI=1S/C140H114N8/c1-80(2)129-84(8)67-101(68-85(129)9)143(102-69-86(10)130(81(3)4)87(11)70-102)119-52-32-56-123-135(119)111-48-28-44-107-115-79-128-116(78-127(115)147(123)139(107)111)108-45-29-49-112-136-120(53-33-57-124(136)148(128)140(108)112)144(103-71-88(12)131(82(5)6)89(13)72-103)104-73-90(14)132(91(15)74-104)83(7)66-92-34-25-37-96(75-92)95-60-64-100(65-61-95)142(98-40-23-18-24-41-98)118-51-31-55-122-134(118)110-47-27-43-106-114-76-125-113(77-126(114)146(122)138(106)110)105-42-26-46-109-133-117(50-30-54-121(133)145(125)137(105)109)141(97-38-21-17-22-39-97)99-62-58-94(59-63-99)93-35-19-16-20-36-93/h16-65,67-83H,66H2,1-15H3. The number of hydrogen-bond acceptors (Lipinski definition) is 4. The molecule has 8 nitrogen and oxygen atoms in total. The molecular formula is C140H114N8. The summed E-state index contributed by atoms with van der Waals surface area (Å²) in [5.41, 5.74) is 50.6. The predicted octanol–water partition coefficient (Wildman–Crippen LogP) is 39.7. The third-order valence-electron chi connectivity index (χ3n) is 33.2. The van der Waals surface area contributed by atoms with E-state index in [1.54, 1.807) is 0 Å². The Morgan fingerprint density at radius 2 is 0.419 bits per heavy atom. The van der Waals surface area contributed by atoms with Crippen molar-refractivity contribution in [2.24, 2.45) is 0 Å². The van der Waals surface area contributed by atoms with E-state index < -0.39 is 0 Å². The molecule has 0 N–H and O–H groups in total. The van der Waals surface area contributed by atoms with E-state index in [2.05, 4.69) is 523 Å². The van der Waals surface area contributed by atoms with Crippen molar-refractivity contribution in [3.63, 3.8) is 0 Å². The molecular weight excluding hydrogens is 1790 g/mol. The molecule has 0 aliphatic carbocycles. The van der Waals surface area contributed by atoms with Gasteiger partial charge in [-0.05, 0) is 350 Å². The van der Waals surface area contributed by atoms with Crippen LogP contribution in [0, 0.1) is 55.4 Å². The SMILES string of the molecule is Cc1cc(N(c2cc(C)c(C(C)C)c(C)c2)c2cccc3c2c2cccc4c5cc6c(cc5n3c42)c2cccc3c4c(N(c5cc(C)c(C(C)C)c(C)c5)c5cc(C)c(C(C)Cc7cccc(-c8ccc(N(c9ccccc9)c9cccc%10c9c9cccc%11c%12cc%13c(cc%12n%10c%119)c9cccc%10c%11c(N(c%12ccccc%12)c%12ccc(-c%14ccccc%14)cc%12)cccc%11n%13c9%10)cc8)c7)c(C)c5)cccc4n6c23)cc(C)c1C(C)C. The van der Waals surface area contributed by atoms with E-state index >= 15 is 0 Å². The molecule has 28 rings (SSSR count). The molecule has 0 saturated carbocycles. The maximum Gasteiger partial charge on any atom is 0.0621 e. The minimum Gasteiger partial charge on any atom is -0.310 e. The highest BCUT2D eigenvalue weighted by molar-refractivity contribution is 6.34. The van der Waals surface area contributed by atoms with Crippen molar-refractivity contribution in [3.8, 4) is 22.3 Å². The molecule has 0 amide bonds. The fraction of sp³-hybridized carbons (Fsp3) is 0.143. The van der Waals surface area contributed by atoms with Crippen LogP contribution in [0.2, 0.25) is 0 Å². The zero-order valence-corrected chi connectivity index (χ0v) is 86.5. The number of anilines is 12. The number of hydrogen-bond donors (Lipinski definition) is 0. The molecule has 8 heterocycles. The van der Waals surface area contributed by atoms with E-state index in [-0.39, 0.29) is 5.92 Å². The van der Waals surface area contributed by atoms with Crippen molar-refractivity contribution in [2.45, 2.75) is 134 Å². The van der Waals surface area contributed by atoms with Crippen molar-refractivity contribution in [3.05, 3.63) is 455 Å². The fourth-order valence-electron chi connectivity index (χ4n) is 28.0. The van der Waals surface area contributed by atoms with Gasteiger partial charge in [-0.25, -0.2) is 0 Å². The van der Waals surface area contributed by atoms with Gasteiger partial charge in [0.15, 0.2) is 0 Å². The van der Waals surface area contributed by atoms with Gasteiger partial charge in [-0.3, -0.25) is 0 Å². The second-order valence-electron chi connectivity index (χ2n) is 43.3. The Kier molecular flexibility index (Phi) is 20.0. The summed E-state index contributed by atoms with van der Waals surface area (Å²) in [6.45, 7) is 35.0.